The number of hydrogen-bond acceptors (Lipinski definition) is 0. The Kier molecular flexibility index (Phi) is 3.43. The first-order valence-electron chi connectivity index (χ1n) is 2.94. The summed E-state index contributed by atoms with van der Waals surface area (Å²) in [5.41, 5.74) is 0. The third kappa shape index (κ3) is 7.59. The van der Waals surface area contributed by atoms with Gasteiger partial charge in [0, 0.05) is 0 Å². The van der Waals surface area contributed by atoms with Gasteiger partial charge in [-0.1, -0.05) is 13.3 Å². The van der Waals surface area contributed by atoms with Gasteiger partial charge in [0.1, 0.15) is 0 Å². The summed E-state index contributed by atoms with van der Waals surface area (Å²) in [6.07, 6.45) is 2.45. The summed E-state index contributed by atoms with van der Waals surface area (Å²) in [7, 11) is 0. The van der Waals surface area contributed by atoms with E-state index in [4.69, 9.17) is 0 Å². The van der Waals surface area contributed by atoms with Gasteiger partial charge in [-0.3, -0.25) is 0 Å². The molecule has 0 heterocycles. The van der Waals surface area contributed by atoms with Crippen molar-refractivity contribution in [3.05, 3.63) is 12.1 Å². The highest BCUT2D eigenvalue weighted by Crippen LogP contribution is 2.09. The predicted molar refractivity (Wildman–Crippen MR) is 33.1 cm³/mol. The average Bonchev–Trinajstić information content (AvgIpc) is 1.63. The molecule has 0 rings (SSSR count). The van der Waals surface area contributed by atoms with E-state index in [1.165, 1.54) is 6.08 Å². The van der Waals surface area contributed by atoms with Crippen LogP contribution in [0.1, 0.15) is 19.8 Å². The quantitative estimate of drug-likeness (QED) is 0.524. The summed E-state index contributed by atoms with van der Waals surface area (Å²) in [6, 6.07) is 0. The van der Waals surface area contributed by atoms with Crippen LogP contribution in [0.25, 0.3) is 0 Å². The fourth-order valence-corrected chi connectivity index (χ4v) is 0.417. The van der Waals surface area contributed by atoms with Crippen molar-refractivity contribution in [3.63, 3.8) is 0 Å². The summed E-state index contributed by atoms with van der Waals surface area (Å²) in [6.45, 7) is -2.85. The van der Waals surface area contributed by atoms with Crippen LogP contribution in [0.2, 0.25) is 0 Å². The molecule has 4 heteroatoms. The van der Waals surface area contributed by atoms with Crippen LogP contribution < -0.4 is 0 Å². The molecule has 0 aliphatic carbocycles. The van der Waals surface area contributed by atoms with Crippen LogP contribution in [0, 0.1) is 0 Å². The molecule has 9 heavy (non-hydrogen) atoms. The molecular formula is C5H9BF3-. The highest BCUT2D eigenvalue weighted by atomic mass is 19.4. The Hall–Kier alpha value is -0.405. The zero-order valence-corrected chi connectivity index (χ0v) is 5.28. The highest BCUT2D eigenvalue weighted by molar-refractivity contribution is 6.64. The van der Waals surface area contributed by atoms with Gasteiger partial charge in [-0.15, -0.1) is 12.1 Å². The third-order valence-corrected chi connectivity index (χ3v) is 0.810. The summed E-state index contributed by atoms with van der Waals surface area (Å²) in [5, 5.41) is 0. The summed E-state index contributed by atoms with van der Waals surface area (Å²) in [4.78, 5) is 0. The first-order valence-corrected chi connectivity index (χ1v) is 2.94. The number of halogens is 3. The Morgan fingerprint density at radius 3 is 2.22 bits per heavy atom. The molecule has 0 aromatic carbocycles. The van der Waals surface area contributed by atoms with Crippen molar-refractivity contribution in [2.24, 2.45) is 0 Å². The molecular weight excluding hydrogens is 128 g/mol. The minimum absolute atomic E-state index is 0.337. The van der Waals surface area contributed by atoms with E-state index in [9.17, 15) is 12.9 Å². The predicted octanol–water partition coefficient (Wildman–Crippen LogP) is 2.73. The molecule has 0 atom stereocenters. The second kappa shape index (κ2) is 3.59. The Labute approximate surface area is 52.8 Å². The molecule has 0 amide bonds. The number of rotatable bonds is 3. The van der Waals surface area contributed by atoms with Crippen LogP contribution in [0.4, 0.5) is 12.9 Å². The van der Waals surface area contributed by atoms with E-state index in [0.29, 0.717) is 12.4 Å². The molecule has 0 saturated carbocycles. The molecule has 0 aromatic rings. The normalized spacial score (nSPS) is 12.9. The van der Waals surface area contributed by atoms with Crippen LogP contribution in [-0.4, -0.2) is 6.98 Å². The zero-order valence-electron chi connectivity index (χ0n) is 5.28. The molecule has 0 aromatic heterocycles. The topological polar surface area (TPSA) is 0 Å². The van der Waals surface area contributed by atoms with E-state index in [2.05, 4.69) is 0 Å². The third-order valence-electron chi connectivity index (χ3n) is 0.810. The minimum Gasteiger partial charge on any atom is -0.445 e. The van der Waals surface area contributed by atoms with E-state index in [1.807, 2.05) is 6.92 Å². The first-order chi connectivity index (χ1) is 4.06. The molecule has 0 radical (unpaired) electrons. The zero-order chi connectivity index (χ0) is 7.33. The lowest BCUT2D eigenvalue weighted by Gasteiger charge is -2.05. The maximum absolute atomic E-state index is 11.4. The number of unbranched alkanes of at least 4 members (excludes halogenated alkanes) is 1. The molecule has 0 saturated heterocycles. The maximum Gasteiger partial charge on any atom is 0.502 e. The molecule has 0 fully saturated rings. The molecule has 54 valence electrons. The fraction of sp³-hybridized carbons (Fsp3) is 0.600. The second-order valence-electron chi connectivity index (χ2n) is 1.84. The Morgan fingerprint density at radius 2 is 1.89 bits per heavy atom. The lowest BCUT2D eigenvalue weighted by molar-refractivity contribution is 0.498. The minimum atomic E-state index is -4.69. The molecule has 0 spiro atoms. The number of allylic oxidation sites excluding steroid dienone is 1. The van der Waals surface area contributed by atoms with Crippen molar-refractivity contribution < 1.29 is 12.9 Å². The standard InChI is InChI=1S/C5H9BF3/c1-2-3-4-5-6(7,8)9/h4-5H,2-3H2,1H3/q-1/b5-4+. The van der Waals surface area contributed by atoms with Crippen LogP contribution in [0.15, 0.2) is 12.1 Å². The van der Waals surface area contributed by atoms with Crippen molar-refractivity contribution in [2.75, 3.05) is 0 Å². The molecule has 0 N–H and O–H groups in total. The van der Waals surface area contributed by atoms with Gasteiger partial charge in [-0.2, -0.15) is 0 Å². The van der Waals surface area contributed by atoms with Gasteiger partial charge in [-0.05, 0) is 6.42 Å². The van der Waals surface area contributed by atoms with Crippen molar-refractivity contribution in [1.82, 2.24) is 0 Å². The average molecular weight is 137 g/mol. The Bertz CT molecular complexity index is 94.9. The van der Waals surface area contributed by atoms with E-state index in [-0.39, 0.29) is 0 Å². The first kappa shape index (κ1) is 8.59. The van der Waals surface area contributed by atoms with Crippen molar-refractivity contribution in [2.45, 2.75) is 19.8 Å². The molecule has 0 aliphatic heterocycles. The van der Waals surface area contributed by atoms with Crippen LogP contribution in [-0.2, 0) is 0 Å². The van der Waals surface area contributed by atoms with Gasteiger partial charge < -0.3 is 12.9 Å². The van der Waals surface area contributed by atoms with Crippen molar-refractivity contribution in [1.29, 1.82) is 0 Å². The van der Waals surface area contributed by atoms with Gasteiger partial charge in [0.15, 0.2) is 0 Å². The maximum atomic E-state index is 11.4. The van der Waals surface area contributed by atoms with Gasteiger partial charge in [0.25, 0.3) is 0 Å². The van der Waals surface area contributed by atoms with Gasteiger partial charge >= 0.3 is 6.98 Å². The molecule has 0 unspecified atom stereocenters. The van der Waals surface area contributed by atoms with Gasteiger partial charge in [0.2, 0.25) is 0 Å². The van der Waals surface area contributed by atoms with Crippen LogP contribution in [0.5, 0.6) is 0 Å². The van der Waals surface area contributed by atoms with E-state index in [0.717, 1.165) is 6.42 Å². The SMILES string of the molecule is CCC/C=C/[B-](F)(F)F. The summed E-state index contributed by atoms with van der Waals surface area (Å²) < 4.78 is 34.1. The fourth-order valence-electron chi connectivity index (χ4n) is 0.417. The molecule has 0 nitrogen and oxygen atoms in total. The van der Waals surface area contributed by atoms with Gasteiger partial charge in [0.05, 0.1) is 0 Å². The van der Waals surface area contributed by atoms with Crippen LogP contribution in [0.3, 0.4) is 0 Å². The Morgan fingerprint density at radius 1 is 1.33 bits per heavy atom. The monoisotopic (exact) mass is 137 g/mol. The van der Waals surface area contributed by atoms with Gasteiger partial charge in [-0.25, -0.2) is 0 Å². The van der Waals surface area contributed by atoms with Crippen LogP contribution >= 0.6 is 0 Å². The van der Waals surface area contributed by atoms with E-state index in [1.54, 1.807) is 0 Å². The van der Waals surface area contributed by atoms with E-state index >= 15 is 0 Å². The number of hydrogen-bond donors (Lipinski definition) is 0. The second-order valence-corrected chi connectivity index (χ2v) is 1.84. The molecule has 0 aliphatic rings. The highest BCUT2D eigenvalue weighted by Gasteiger charge is 2.16. The van der Waals surface area contributed by atoms with E-state index < -0.39 is 6.98 Å². The summed E-state index contributed by atoms with van der Waals surface area (Å²) >= 11 is 0. The molecule has 0 bridgehead atoms. The van der Waals surface area contributed by atoms with Crippen molar-refractivity contribution >= 4 is 6.98 Å². The Balaban J connectivity index is 3.45. The lowest BCUT2D eigenvalue weighted by atomic mass is 9.91. The smallest absolute Gasteiger partial charge is 0.445 e. The largest absolute Gasteiger partial charge is 0.502 e. The lowest BCUT2D eigenvalue weighted by Crippen LogP contribution is -2.09. The van der Waals surface area contributed by atoms with Crippen molar-refractivity contribution in [3.8, 4) is 0 Å². The summed E-state index contributed by atoms with van der Waals surface area (Å²) in [5.74, 6) is 0.337.